The third-order valence-electron chi connectivity index (χ3n) is 16.7. The summed E-state index contributed by atoms with van der Waals surface area (Å²) in [7, 11) is -9.91. The van der Waals surface area contributed by atoms with E-state index < -0.39 is 97.5 Å². The lowest BCUT2D eigenvalue weighted by Gasteiger charge is -2.21. The lowest BCUT2D eigenvalue weighted by molar-refractivity contribution is -0.161. The Morgan fingerprint density at radius 2 is 0.641 bits per heavy atom. The number of allylic oxidation sites excluding steroid dienone is 4. The smallest absolute Gasteiger partial charge is 0.462 e. The summed E-state index contributed by atoms with van der Waals surface area (Å²) in [5.41, 5.74) is 0. The highest BCUT2D eigenvalue weighted by Crippen LogP contribution is 2.45. The number of aliphatic hydroxyl groups excluding tert-OH is 1. The molecule has 92 heavy (non-hydrogen) atoms. The summed E-state index contributed by atoms with van der Waals surface area (Å²) in [4.78, 5) is 72.5. The van der Waals surface area contributed by atoms with Crippen molar-refractivity contribution < 1.29 is 80.2 Å². The average molecular weight is 1350 g/mol. The third kappa shape index (κ3) is 64.9. The number of carbonyl (C=O) groups is 4. The van der Waals surface area contributed by atoms with Crippen molar-refractivity contribution in [2.75, 3.05) is 39.6 Å². The fraction of sp³-hybridized carbons (Fsp3) is 0.890. The van der Waals surface area contributed by atoms with Crippen LogP contribution < -0.4 is 0 Å². The van der Waals surface area contributed by atoms with E-state index in [1.165, 1.54) is 141 Å². The van der Waals surface area contributed by atoms with Gasteiger partial charge in [0.1, 0.15) is 19.3 Å². The summed E-state index contributed by atoms with van der Waals surface area (Å²) in [6, 6.07) is 0. The molecular weight excluding hydrogens is 1210 g/mol. The van der Waals surface area contributed by atoms with Crippen LogP contribution in [0, 0.1) is 11.8 Å². The molecule has 0 saturated carbocycles. The van der Waals surface area contributed by atoms with Crippen molar-refractivity contribution >= 4 is 39.5 Å². The predicted molar refractivity (Wildman–Crippen MR) is 372 cm³/mol. The van der Waals surface area contributed by atoms with Crippen LogP contribution in [0.3, 0.4) is 0 Å². The summed E-state index contributed by atoms with van der Waals surface area (Å²) >= 11 is 0. The molecule has 0 aromatic rings. The molecule has 0 aliphatic heterocycles. The Labute approximate surface area is 561 Å². The van der Waals surface area contributed by atoms with Crippen molar-refractivity contribution in [3.05, 3.63) is 24.3 Å². The van der Waals surface area contributed by atoms with Crippen molar-refractivity contribution in [3.8, 4) is 0 Å². The Bertz CT molecular complexity index is 1880. The molecule has 0 saturated heterocycles. The van der Waals surface area contributed by atoms with Gasteiger partial charge in [-0.15, -0.1) is 0 Å². The molecule has 0 aliphatic carbocycles. The molecule has 6 atom stereocenters. The number of esters is 4. The van der Waals surface area contributed by atoms with Gasteiger partial charge in [-0.3, -0.25) is 37.3 Å². The number of rotatable bonds is 70. The van der Waals surface area contributed by atoms with Gasteiger partial charge in [-0.1, -0.05) is 297 Å². The number of hydrogen-bond donors (Lipinski definition) is 3. The van der Waals surface area contributed by atoms with Gasteiger partial charge in [0.25, 0.3) is 0 Å². The molecule has 0 aromatic heterocycles. The van der Waals surface area contributed by atoms with E-state index in [2.05, 4.69) is 65.8 Å². The van der Waals surface area contributed by atoms with Crippen LogP contribution in [0.5, 0.6) is 0 Å². The number of phosphoric ester groups is 2. The molecule has 3 unspecified atom stereocenters. The first-order valence-electron chi connectivity index (χ1n) is 37.3. The largest absolute Gasteiger partial charge is 0.472 e. The van der Waals surface area contributed by atoms with Crippen molar-refractivity contribution in [1.29, 1.82) is 0 Å². The molecule has 0 bridgehead atoms. The van der Waals surface area contributed by atoms with E-state index in [4.69, 9.17) is 37.0 Å². The first-order chi connectivity index (χ1) is 44.4. The topological polar surface area (TPSA) is 237 Å². The standard InChI is InChI=1S/C73H138O17P2/c1-7-10-12-14-16-18-19-20-21-25-28-31-38-44-50-56-71(76)84-62-69(89-72(77)57-51-45-39-32-29-26-23-22-24-27-30-36-42-48-54-66(6)9-3)64-88-92(81,82)86-60-67(74)59-85-91(79,80)87-63-68(61-83-70(75)55-49-43-37-17-15-13-11-8-2)90-73(78)58-52-46-40-34-33-35-41-47-53-65(4)5/h18-21,65-69,74H,7-17,22-64H2,1-6H3,(H,79,80)(H,81,82)/b19-18-,21-20-/t66?,67-,68+,69+/m0/s1. The average Bonchev–Trinajstić information content (AvgIpc) is 1.54. The van der Waals surface area contributed by atoms with Gasteiger partial charge in [-0.05, 0) is 63.2 Å². The van der Waals surface area contributed by atoms with E-state index >= 15 is 0 Å². The van der Waals surface area contributed by atoms with Gasteiger partial charge >= 0.3 is 39.5 Å². The van der Waals surface area contributed by atoms with Crippen LogP contribution in [0.1, 0.15) is 350 Å². The summed E-state index contributed by atoms with van der Waals surface area (Å²) in [5.74, 6) is -0.594. The first kappa shape index (κ1) is 89.5. The van der Waals surface area contributed by atoms with Gasteiger partial charge in [0.15, 0.2) is 12.2 Å². The summed E-state index contributed by atoms with van der Waals surface area (Å²) in [5, 5.41) is 10.6. The highest BCUT2D eigenvalue weighted by atomic mass is 31.2. The van der Waals surface area contributed by atoms with E-state index in [9.17, 15) is 43.2 Å². The Morgan fingerprint density at radius 3 is 0.978 bits per heavy atom. The minimum Gasteiger partial charge on any atom is -0.462 e. The Kier molecular flexibility index (Phi) is 62.8. The van der Waals surface area contributed by atoms with Crippen LogP contribution in [0.15, 0.2) is 24.3 Å². The van der Waals surface area contributed by atoms with Crippen molar-refractivity contribution in [2.45, 2.75) is 368 Å². The van der Waals surface area contributed by atoms with Crippen LogP contribution in [-0.4, -0.2) is 96.7 Å². The van der Waals surface area contributed by atoms with Gasteiger partial charge in [0, 0.05) is 25.7 Å². The Balaban J connectivity index is 5.25. The molecule has 0 amide bonds. The van der Waals surface area contributed by atoms with Gasteiger partial charge in [0.05, 0.1) is 26.4 Å². The van der Waals surface area contributed by atoms with Crippen LogP contribution in [-0.2, 0) is 65.4 Å². The van der Waals surface area contributed by atoms with Gasteiger partial charge in [-0.2, -0.15) is 0 Å². The molecule has 0 aromatic carbocycles. The van der Waals surface area contributed by atoms with Crippen LogP contribution in [0.2, 0.25) is 0 Å². The Morgan fingerprint density at radius 1 is 0.359 bits per heavy atom. The van der Waals surface area contributed by atoms with Crippen LogP contribution in [0.25, 0.3) is 0 Å². The number of phosphoric acid groups is 2. The van der Waals surface area contributed by atoms with Gasteiger partial charge in [0.2, 0.25) is 0 Å². The third-order valence-corrected chi connectivity index (χ3v) is 18.6. The Hall–Kier alpha value is -2.46. The molecule has 0 radical (unpaired) electrons. The number of ether oxygens (including phenoxy) is 4. The van der Waals surface area contributed by atoms with E-state index in [0.29, 0.717) is 25.7 Å². The number of carbonyl (C=O) groups excluding carboxylic acids is 4. The zero-order valence-corrected chi connectivity index (χ0v) is 61.1. The number of aliphatic hydroxyl groups is 1. The maximum Gasteiger partial charge on any atom is 0.472 e. The molecule has 0 rings (SSSR count). The highest BCUT2D eigenvalue weighted by Gasteiger charge is 2.30. The summed E-state index contributed by atoms with van der Waals surface area (Å²) in [6.07, 6.45) is 53.6. The van der Waals surface area contributed by atoms with Gasteiger partial charge < -0.3 is 33.8 Å². The maximum atomic E-state index is 13.0. The molecule has 0 spiro atoms. The minimum atomic E-state index is -4.96. The fourth-order valence-electron chi connectivity index (χ4n) is 10.5. The summed E-state index contributed by atoms with van der Waals surface area (Å²) in [6.45, 7) is 9.48. The second-order valence-corrected chi connectivity index (χ2v) is 29.3. The van der Waals surface area contributed by atoms with Crippen LogP contribution >= 0.6 is 15.6 Å². The van der Waals surface area contributed by atoms with Crippen LogP contribution in [0.4, 0.5) is 0 Å². The second kappa shape index (κ2) is 64.5. The molecule has 17 nitrogen and oxygen atoms in total. The lowest BCUT2D eigenvalue weighted by atomic mass is 9.99. The maximum absolute atomic E-state index is 13.0. The molecule has 0 aliphatic rings. The highest BCUT2D eigenvalue weighted by molar-refractivity contribution is 7.47. The SMILES string of the molecule is CCCCCC/C=C\C=C/CCCCCCCC(=O)OC[C@H](COP(=O)(O)OC[C@@H](O)COP(=O)(O)OC[C@@H](COC(=O)CCCCCCCCCC)OC(=O)CCCCCCCCCCC(C)C)OC(=O)CCCCCCCCCCCCCCCCC(C)CC. The molecule has 0 fully saturated rings. The quantitative estimate of drug-likeness (QED) is 0.0169. The van der Waals surface area contributed by atoms with E-state index in [-0.39, 0.29) is 25.7 Å². The zero-order valence-electron chi connectivity index (χ0n) is 59.3. The monoisotopic (exact) mass is 1350 g/mol. The molecule has 3 N–H and O–H groups in total. The van der Waals surface area contributed by atoms with E-state index in [1.807, 2.05) is 0 Å². The van der Waals surface area contributed by atoms with E-state index in [0.717, 1.165) is 127 Å². The summed E-state index contributed by atoms with van der Waals surface area (Å²) < 4.78 is 68.3. The minimum absolute atomic E-state index is 0.101. The normalized spacial score (nSPS) is 14.5. The first-order valence-corrected chi connectivity index (χ1v) is 40.3. The van der Waals surface area contributed by atoms with Crippen molar-refractivity contribution in [1.82, 2.24) is 0 Å². The number of unbranched alkanes of at least 4 members (excludes halogenated alkanes) is 36. The number of hydrogen-bond acceptors (Lipinski definition) is 15. The molecular formula is C73H138O17P2. The zero-order chi connectivity index (χ0) is 67.9. The molecule has 542 valence electrons. The van der Waals surface area contributed by atoms with E-state index in [1.54, 1.807) is 0 Å². The molecule has 19 heteroatoms. The lowest BCUT2D eigenvalue weighted by Crippen LogP contribution is -2.30. The fourth-order valence-corrected chi connectivity index (χ4v) is 12.1. The molecule has 0 heterocycles. The predicted octanol–water partition coefficient (Wildman–Crippen LogP) is 20.7. The van der Waals surface area contributed by atoms with Crippen molar-refractivity contribution in [3.63, 3.8) is 0 Å². The second-order valence-electron chi connectivity index (χ2n) is 26.4. The van der Waals surface area contributed by atoms with Crippen molar-refractivity contribution in [2.24, 2.45) is 11.8 Å². The van der Waals surface area contributed by atoms with Gasteiger partial charge in [-0.25, -0.2) is 9.13 Å².